The van der Waals surface area contributed by atoms with Gasteiger partial charge in [0.15, 0.2) is 11.2 Å². The fourth-order valence-corrected chi connectivity index (χ4v) is 12.9. The van der Waals surface area contributed by atoms with Gasteiger partial charge in [-0.2, -0.15) is 0 Å². The minimum absolute atomic E-state index is 0.105. The van der Waals surface area contributed by atoms with Crippen molar-refractivity contribution in [1.82, 2.24) is 0 Å². The van der Waals surface area contributed by atoms with E-state index in [2.05, 4.69) is 125 Å². The van der Waals surface area contributed by atoms with Gasteiger partial charge in [0.05, 0.1) is 22.7 Å². The van der Waals surface area contributed by atoms with Crippen molar-refractivity contribution >= 4 is 99.7 Å². The lowest BCUT2D eigenvalue weighted by molar-refractivity contribution is 0.371. The molecule has 4 nitrogen and oxygen atoms in total. The van der Waals surface area contributed by atoms with Gasteiger partial charge in [-0.1, -0.05) is 117 Å². The first kappa shape index (κ1) is 39.9. The average molecular weight is 893 g/mol. The quantitative estimate of drug-likeness (QED) is 0.142. The standard InChI is InChI=1S/C62H50F2N2O2/c63-41-25-29-43(30-26-41)65(55-19-7-17-49-47-15-5-13-45(37-9-1-2-10-37)59(47)67-61(49)55)53-35-23-39-22-34-52-54(36-24-40-21-33-51(53)57(39)58(40)52)66(44-31-27-42(64)28-32-44)56-20-8-18-50-48-16-6-14-46(38-11-3-4-12-38)60(48)68-62(50)56/h5-8,13,15-27,29-31,33-38,46H,1-4,9-12,14,28,32H2. The first-order chi connectivity index (χ1) is 33.6. The zero-order chi connectivity index (χ0) is 45.0. The highest BCUT2D eigenvalue weighted by atomic mass is 19.1. The van der Waals surface area contributed by atoms with Gasteiger partial charge in [-0.3, -0.25) is 0 Å². The van der Waals surface area contributed by atoms with Crippen molar-refractivity contribution in [2.75, 3.05) is 9.80 Å². The minimum atomic E-state index is -0.286. The first-order valence-electron chi connectivity index (χ1n) is 24.8. The molecule has 14 rings (SSSR count). The van der Waals surface area contributed by atoms with Crippen molar-refractivity contribution in [3.05, 3.63) is 180 Å². The summed E-state index contributed by atoms with van der Waals surface area (Å²) in [4.78, 5) is 4.59. The summed E-state index contributed by atoms with van der Waals surface area (Å²) in [5.74, 6) is 2.23. The molecule has 1 unspecified atom stereocenters. The van der Waals surface area contributed by atoms with Crippen molar-refractivity contribution in [2.24, 2.45) is 5.92 Å². The van der Waals surface area contributed by atoms with Crippen molar-refractivity contribution < 1.29 is 17.6 Å². The van der Waals surface area contributed by atoms with Crippen molar-refractivity contribution in [3.63, 3.8) is 0 Å². The van der Waals surface area contributed by atoms with E-state index in [9.17, 15) is 8.78 Å². The van der Waals surface area contributed by atoms with E-state index in [0.29, 0.717) is 30.6 Å². The number of hydrogen-bond acceptors (Lipinski definition) is 4. The zero-order valence-electron chi connectivity index (χ0n) is 37.9. The van der Waals surface area contributed by atoms with Crippen LogP contribution in [-0.2, 0) is 0 Å². The molecule has 0 radical (unpaired) electrons. The molecule has 0 saturated heterocycles. The van der Waals surface area contributed by atoms with Crippen LogP contribution in [0.2, 0.25) is 0 Å². The highest BCUT2D eigenvalue weighted by Crippen LogP contribution is 2.52. The third kappa shape index (κ3) is 6.15. The molecule has 334 valence electrons. The molecule has 1 atom stereocenters. The number of fused-ring (bicyclic) bond motifs is 6. The third-order valence-corrected chi connectivity index (χ3v) is 16.1. The molecule has 0 aliphatic heterocycles. The molecule has 0 spiro atoms. The van der Waals surface area contributed by atoms with Crippen LogP contribution in [0.15, 0.2) is 166 Å². The molecule has 2 heterocycles. The Morgan fingerprint density at radius 1 is 0.500 bits per heavy atom. The van der Waals surface area contributed by atoms with Gasteiger partial charge < -0.3 is 18.6 Å². The highest BCUT2D eigenvalue weighted by Gasteiger charge is 2.34. The first-order valence-corrected chi connectivity index (χ1v) is 24.8. The Kier molecular flexibility index (Phi) is 9.22. The number of para-hydroxylation sites is 3. The Hall–Kier alpha value is -7.18. The number of furan rings is 2. The highest BCUT2D eigenvalue weighted by molar-refractivity contribution is 6.28. The van der Waals surface area contributed by atoms with Crippen molar-refractivity contribution in [2.45, 2.75) is 82.5 Å². The number of anilines is 5. The molecule has 8 aromatic carbocycles. The maximum absolute atomic E-state index is 14.9. The van der Waals surface area contributed by atoms with Crippen LogP contribution in [0.5, 0.6) is 0 Å². The molecule has 2 fully saturated rings. The molecular weight excluding hydrogens is 843 g/mol. The van der Waals surface area contributed by atoms with Crippen LogP contribution in [0.25, 0.3) is 71.3 Å². The second-order valence-corrected chi connectivity index (χ2v) is 19.8. The van der Waals surface area contributed by atoms with E-state index in [4.69, 9.17) is 8.83 Å². The fraction of sp³-hybridized carbons (Fsp3) is 0.226. The normalized spacial score (nSPS) is 17.9. The summed E-state index contributed by atoms with van der Waals surface area (Å²) in [5.41, 5.74) is 10.9. The topological polar surface area (TPSA) is 32.8 Å². The van der Waals surface area contributed by atoms with Gasteiger partial charge in [-0.15, -0.1) is 0 Å². The van der Waals surface area contributed by atoms with Crippen LogP contribution >= 0.6 is 0 Å². The smallest absolute Gasteiger partial charge is 0.159 e. The van der Waals surface area contributed by atoms with Crippen molar-refractivity contribution in [1.29, 1.82) is 0 Å². The van der Waals surface area contributed by atoms with Crippen LogP contribution in [0.4, 0.5) is 37.2 Å². The van der Waals surface area contributed by atoms with Gasteiger partial charge in [-0.25, -0.2) is 8.78 Å². The average Bonchev–Trinajstić information content (AvgIpc) is 4.23. The second-order valence-electron chi connectivity index (χ2n) is 19.8. The predicted molar refractivity (Wildman–Crippen MR) is 276 cm³/mol. The monoisotopic (exact) mass is 892 g/mol. The zero-order valence-corrected chi connectivity index (χ0v) is 37.9. The molecule has 0 bridgehead atoms. The maximum Gasteiger partial charge on any atom is 0.159 e. The van der Waals surface area contributed by atoms with Gasteiger partial charge in [0.25, 0.3) is 0 Å². The molecule has 2 aromatic heterocycles. The molecule has 2 saturated carbocycles. The molecule has 0 N–H and O–H groups in total. The number of hydrogen-bond donors (Lipinski definition) is 0. The van der Waals surface area contributed by atoms with E-state index in [-0.39, 0.29) is 11.6 Å². The second kappa shape index (κ2) is 15.7. The number of allylic oxidation sites excluding steroid dienone is 5. The van der Waals surface area contributed by atoms with Gasteiger partial charge >= 0.3 is 0 Å². The molecular formula is C62H50F2N2O2. The van der Waals surface area contributed by atoms with Crippen molar-refractivity contribution in [3.8, 4) is 0 Å². The molecule has 68 heavy (non-hydrogen) atoms. The summed E-state index contributed by atoms with van der Waals surface area (Å²) in [6.45, 7) is 0. The van der Waals surface area contributed by atoms with Gasteiger partial charge in [0.1, 0.15) is 23.0 Å². The summed E-state index contributed by atoms with van der Waals surface area (Å²) in [7, 11) is 0. The summed E-state index contributed by atoms with van der Waals surface area (Å²) in [6, 6.07) is 44.2. The van der Waals surface area contributed by atoms with Gasteiger partial charge in [0.2, 0.25) is 0 Å². The van der Waals surface area contributed by atoms with Gasteiger partial charge in [0, 0.05) is 56.2 Å². The Balaban J connectivity index is 0.984. The Labute approximate surface area is 393 Å². The lowest BCUT2D eigenvalue weighted by Gasteiger charge is -2.31. The number of benzene rings is 8. The van der Waals surface area contributed by atoms with E-state index in [1.807, 2.05) is 18.2 Å². The maximum atomic E-state index is 14.9. The molecule has 0 amide bonds. The lowest BCUT2D eigenvalue weighted by atomic mass is 9.81. The van der Waals surface area contributed by atoms with Crippen LogP contribution in [0, 0.1) is 11.7 Å². The molecule has 4 aliphatic carbocycles. The summed E-state index contributed by atoms with van der Waals surface area (Å²) < 4.78 is 43.9. The summed E-state index contributed by atoms with van der Waals surface area (Å²) in [5, 5.41) is 10.0. The molecule has 4 aliphatic rings. The Bertz CT molecular complexity index is 3730. The predicted octanol–water partition coefficient (Wildman–Crippen LogP) is 18.9. The van der Waals surface area contributed by atoms with E-state index in [0.717, 1.165) is 112 Å². The largest absolute Gasteiger partial charge is 0.458 e. The van der Waals surface area contributed by atoms with E-state index >= 15 is 0 Å². The molecule has 10 aromatic rings. The number of rotatable bonds is 8. The third-order valence-electron chi connectivity index (χ3n) is 16.1. The number of nitrogens with zero attached hydrogens (tertiary/aromatic N) is 2. The van der Waals surface area contributed by atoms with Crippen LogP contribution in [-0.4, -0.2) is 0 Å². The minimum Gasteiger partial charge on any atom is -0.458 e. The fourth-order valence-electron chi connectivity index (χ4n) is 12.9. The number of halogens is 2. The lowest BCUT2D eigenvalue weighted by Crippen LogP contribution is -2.18. The van der Waals surface area contributed by atoms with E-state index in [1.165, 1.54) is 74.6 Å². The van der Waals surface area contributed by atoms with E-state index < -0.39 is 0 Å². The van der Waals surface area contributed by atoms with Crippen LogP contribution in [0.1, 0.15) is 99.4 Å². The summed E-state index contributed by atoms with van der Waals surface area (Å²) in [6.07, 6.45) is 20.0. The van der Waals surface area contributed by atoms with E-state index in [1.54, 1.807) is 6.08 Å². The van der Waals surface area contributed by atoms with Crippen LogP contribution < -0.4 is 9.80 Å². The van der Waals surface area contributed by atoms with Gasteiger partial charge in [-0.05, 0) is 138 Å². The molecule has 6 heteroatoms. The summed E-state index contributed by atoms with van der Waals surface area (Å²) >= 11 is 0. The van der Waals surface area contributed by atoms with Crippen LogP contribution in [0.3, 0.4) is 0 Å². The Morgan fingerprint density at radius 3 is 1.82 bits per heavy atom. The Morgan fingerprint density at radius 2 is 1.12 bits per heavy atom. The SMILES string of the molecule is FC1=CC=C(N(c2ccc3ccc4c(N(c5ccc(F)cc5)c5cccc6c5oc5c(C7CCCC7)cccc56)ccc5ccc2c3c54)c2cccc3c4c(oc23)C(C2CCCC2)CC=C4)CC1.